The summed E-state index contributed by atoms with van der Waals surface area (Å²) in [5, 5.41) is 0. The van der Waals surface area contributed by atoms with Crippen LogP contribution >= 0.6 is 0 Å². The molecule has 0 unspecified atom stereocenters. The molecule has 0 saturated carbocycles. The molecule has 0 amide bonds. The lowest BCUT2D eigenvalue weighted by Crippen LogP contribution is -2.08. The molecular weight excluding hydrogens is 222 g/mol. The van der Waals surface area contributed by atoms with Gasteiger partial charge < -0.3 is 0 Å². The smallest absolute Gasteiger partial charge is 0.167 e. The standard InChI is InChI=1S/C16H17NO/c1-11-6-4-5-7-14(11)16(18)8-15-12(2)9-17-10-13(15)3/h4-7,9-10H,8H2,1-3H3. The lowest BCUT2D eigenvalue weighted by Gasteiger charge is -2.09. The molecule has 18 heavy (non-hydrogen) atoms. The molecule has 0 radical (unpaired) electrons. The Bertz CT molecular complexity index is 567. The van der Waals surface area contributed by atoms with Crippen LogP contribution in [0.15, 0.2) is 36.7 Å². The molecule has 1 aromatic carbocycles. The van der Waals surface area contributed by atoms with E-state index in [0.29, 0.717) is 6.42 Å². The minimum atomic E-state index is 0.172. The summed E-state index contributed by atoms with van der Waals surface area (Å²) in [6.07, 6.45) is 4.08. The van der Waals surface area contributed by atoms with E-state index in [-0.39, 0.29) is 5.78 Å². The summed E-state index contributed by atoms with van der Waals surface area (Å²) in [5.41, 5.74) is 5.10. The van der Waals surface area contributed by atoms with E-state index >= 15 is 0 Å². The number of Topliss-reactive ketones (excluding diaryl/α,β-unsaturated/α-hetero) is 1. The van der Waals surface area contributed by atoms with Crippen LogP contribution in [0.25, 0.3) is 0 Å². The van der Waals surface area contributed by atoms with E-state index in [1.165, 1.54) is 0 Å². The Morgan fingerprint density at radius 2 is 1.61 bits per heavy atom. The van der Waals surface area contributed by atoms with Crippen molar-refractivity contribution in [2.24, 2.45) is 0 Å². The molecule has 0 spiro atoms. The summed E-state index contributed by atoms with van der Waals surface area (Å²) in [4.78, 5) is 16.4. The molecule has 0 aliphatic heterocycles. The second-order valence-corrected chi connectivity index (χ2v) is 4.67. The van der Waals surface area contributed by atoms with Crippen LogP contribution < -0.4 is 0 Å². The molecule has 0 atom stereocenters. The maximum Gasteiger partial charge on any atom is 0.167 e. The van der Waals surface area contributed by atoms with Gasteiger partial charge in [0.25, 0.3) is 0 Å². The molecule has 2 aromatic rings. The highest BCUT2D eigenvalue weighted by Crippen LogP contribution is 2.16. The summed E-state index contributed by atoms with van der Waals surface area (Å²) in [5.74, 6) is 0.172. The van der Waals surface area contributed by atoms with E-state index in [0.717, 1.165) is 27.8 Å². The Hall–Kier alpha value is -1.96. The van der Waals surface area contributed by atoms with Crippen molar-refractivity contribution in [2.75, 3.05) is 0 Å². The molecule has 0 aliphatic carbocycles. The van der Waals surface area contributed by atoms with Gasteiger partial charge in [0, 0.05) is 24.4 Å². The van der Waals surface area contributed by atoms with Crippen LogP contribution in [0.1, 0.15) is 32.6 Å². The predicted octanol–water partition coefficient (Wildman–Crippen LogP) is 3.43. The predicted molar refractivity (Wildman–Crippen MR) is 72.9 cm³/mol. The topological polar surface area (TPSA) is 30.0 Å². The second-order valence-electron chi connectivity index (χ2n) is 4.67. The number of aromatic nitrogens is 1. The van der Waals surface area contributed by atoms with Crippen LogP contribution in [-0.4, -0.2) is 10.8 Å². The van der Waals surface area contributed by atoms with Gasteiger partial charge in [-0.25, -0.2) is 0 Å². The Kier molecular flexibility index (Phi) is 3.56. The number of hydrogen-bond donors (Lipinski definition) is 0. The maximum absolute atomic E-state index is 12.3. The number of benzene rings is 1. The average Bonchev–Trinajstić information content (AvgIpc) is 2.34. The van der Waals surface area contributed by atoms with Crippen molar-refractivity contribution < 1.29 is 4.79 Å². The zero-order chi connectivity index (χ0) is 13.1. The monoisotopic (exact) mass is 239 g/mol. The molecule has 0 aliphatic rings. The summed E-state index contributed by atoms with van der Waals surface area (Å²) in [6.45, 7) is 5.97. The molecule has 0 bridgehead atoms. The number of ketones is 1. The van der Waals surface area contributed by atoms with E-state index in [1.807, 2.05) is 57.4 Å². The molecule has 1 aromatic heterocycles. The van der Waals surface area contributed by atoms with Gasteiger partial charge in [-0.2, -0.15) is 0 Å². The van der Waals surface area contributed by atoms with Crippen LogP contribution in [0, 0.1) is 20.8 Å². The summed E-state index contributed by atoms with van der Waals surface area (Å²) in [6, 6.07) is 7.73. The number of pyridine rings is 1. The highest BCUT2D eigenvalue weighted by Gasteiger charge is 2.12. The van der Waals surface area contributed by atoms with Crippen LogP contribution in [0.3, 0.4) is 0 Å². The van der Waals surface area contributed by atoms with Crippen molar-refractivity contribution in [3.8, 4) is 0 Å². The molecule has 2 nitrogen and oxygen atoms in total. The van der Waals surface area contributed by atoms with Gasteiger partial charge in [-0.05, 0) is 43.0 Å². The Balaban J connectivity index is 2.30. The Labute approximate surface area is 108 Å². The first kappa shape index (κ1) is 12.5. The third kappa shape index (κ3) is 2.48. The molecule has 0 saturated heterocycles. The molecular formula is C16H17NO. The van der Waals surface area contributed by atoms with Crippen molar-refractivity contribution in [3.63, 3.8) is 0 Å². The SMILES string of the molecule is Cc1ccccc1C(=O)Cc1c(C)cncc1C. The zero-order valence-corrected chi connectivity index (χ0v) is 11.0. The number of carbonyl (C=O) groups is 1. The number of carbonyl (C=O) groups excluding carboxylic acids is 1. The summed E-state index contributed by atoms with van der Waals surface area (Å²) >= 11 is 0. The van der Waals surface area contributed by atoms with Crippen molar-refractivity contribution in [1.82, 2.24) is 4.98 Å². The fourth-order valence-electron chi connectivity index (χ4n) is 2.15. The van der Waals surface area contributed by atoms with E-state index in [2.05, 4.69) is 4.98 Å². The van der Waals surface area contributed by atoms with Crippen LogP contribution in [0.4, 0.5) is 0 Å². The normalized spacial score (nSPS) is 10.4. The highest BCUT2D eigenvalue weighted by molar-refractivity contribution is 5.99. The molecule has 0 fully saturated rings. The van der Waals surface area contributed by atoms with E-state index in [9.17, 15) is 4.79 Å². The lowest BCUT2D eigenvalue weighted by molar-refractivity contribution is 0.0992. The fraction of sp³-hybridized carbons (Fsp3) is 0.250. The summed E-state index contributed by atoms with van der Waals surface area (Å²) in [7, 11) is 0. The van der Waals surface area contributed by atoms with Crippen LogP contribution in [-0.2, 0) is 6.42 Å². The first-order valence-corrected chi connectivity index (χ1v) is 6.08. The Morgan fingerprint density at radius 1 is 1.00 bits per heavy atom. The Morgan fingerprint density at radius 3 is 2.22 bits per heavy atom. The third-order valence-electron chi connectivity index (χ3n) is 3.27. The first-order valence-electron chi connectivity index (χ1n) is 6.08. The van der Waals surface area contributed by atoms with Crippen molar-refractivity contribution >= 4 is 5.78 Å². The molecule has 1 heterocycles. The quantitative estimate of drug-likeness (QED) is 0.768. The highest BCUT2D eigenvalue weighted by atomic mass is 16.1. The average molecular weight is 239 g/mol. The molecule has 2 heteroatoms. The number of nitrogens with zero attached hydrogens (tertiary/aromatic N) is 1. The van der Waals surface area contributed by atoms with Gasteiger partial charge in [-0.3, -0.25) is 9.78 Å². The molecule has 92 valence electrons. The lowest BCUT2D eigenvalue weighted by atomic mass is 9.95. The van der Waals surface area contributed by atoms with Gasteiger partial charge in [-0.1, -0.05) is 24.3 Å². The van der Waals surface area contributed by atoms with Gasteiger partial charge in [0.15, 0.2) is 5.78 Å². The second kappa shape index (κ2) is 5.13. The van der Waals surface area contributed by atoms with E-state index in [1.54, 1.807) is 0 Å². The minimum Gasteiger partial charge on any atom is -0.294 e. The third-order valence-corrected chi connectivity index (χ3v) is 3.27. The van der Waals surface area contributed by atoms with Gasteiger partial charge in [0.1, 0.15) is 0 Å². The maximum atomic E-state index is 12.3. The minimum absolute atomic E-state index is 0.172. The van der Waals surface area contributed by atoms with Gasteiger partial charge >= 0.3 is 0 Å². The number of aryl methyl sites for hydroxylation is 3. The van der Waals surface area contributed by atoms with Crippen molar-refractivity contribution in [3.05, 3.63) is 64.5 Å². The van der Waals surface area contributed by atoms with Gasteiger partial charge in [0.2, 0.25) is 0 Å². The first-order chi connectivity index (χ1) is 8.59. The van der Waals surface area contributed by atoms with Crippen LogP contribution in [0.5, 0.6) is 0 Å². The van der Waals surface area contributed by atoms with Crippen molar-refractivity contribution in [1.29, 1.82) is 0 Å². The van der Waals surface area contributed by atoms with Crippen LogP contribution in [0.2, 0.25) is 0 Å². The van der Waals surface area contributed by atoms with E-state index < -0.39 is 0 Å². The van der Waals surface area contributed by atoms with Crippen molar-refractivity contribution in [2.45, 2.75) is 27.2 Å². The fourth-order valence-corrected chi connectivity index (χ4v) is 2.15. The largest absolute Gasteiger partial charge is 0.294 e. The van der Waals surface area contributed by atoms with E-state index in [4.69, 9.17) is 0 Å². The van der Waals surface area contributed by atoms with Gasteiger partial charge in [-0.15, -0.1) is 0 Å². The zero-order valence-electron chi connectivity index (χ0n) is 11.0. The van der Waals surface area contributed by atoms with Gasteiger partial charge in [0.05, 0.1) is 0 Å². The number of hydrogen-bond acceptors (Lipinski definition) is 2. The molecule has 2 rings (SSSR count). The summed E-state index contributed by atoms with van der Waals surface area (Å²) < 4.78 is 0. The molecule has 0 N–H and O–H groups in total. The number of rotatable bonds is 3.